The van der Waals surface area contributed by atoms with Gasteiger partial charge in [0.05, 0.1) is 17.3 Å². The van der Waals surface area contributed by atoms with E-state index in [0.717, 1.165) is 45.6 Å². The molecule has 5 nitrogen and oxygen atoms in total. The molecular weight excluding hydrogens is 344 g/mol. The summed E-state index contributed by atoms with van der Waals surface area (Å²) in [6.45, 7) is 14.2. The van der Waals surface area contributed by atoms with Crippen LogP contribution in [0.25, 0.3) is 16.6 Å². The first kappa shape index (κ1) is 19.1. The minimum atomic E-state index is -1.15. The largest absolute Gasteiger partial charge is 0.598 e. The molecule has 2 atom stereocenters. The Morgan fingerprint density at radius 3 is 2.54 bits per heavy atom. The van der Waals surface area contributed by atoms with Crippen LogP contribution in [0.3, 0.4) is 0 Å². The SMILES string of the molecule is CCc1nc2c(C(C)N[S@+]([O-])C(C)(C)C)cc(C)cc2c2nc(C)cn12. The molecule has 0 radical (unpaired) electrons. The highest BCUT2D eigenvalue weighted by molar-refractivity contribution is 7.90. The third-order valence-corrected chi connectivity index (χ3v) is 6.17. The van der Waals surface area contributed by atoms with Gasteiger partial charge in [-0.15, -0.1) is 4.72 Å². The zero-order chi connectivity index (χ0) is 19.2. The van der Waals surface area contributed by atoms with Gasteiger partial charge < -0.3 is 4.55 Å². The van der Waals surface area contributed by atoms with Crippen LogP contribution in [0.1, 0.15) is 63.3 Å². The quantitative estimate of drug-likeness (QED) is 0.698. The van der Waals surface area contributed by atoms with E-state index in [4.69, 9.17) is 9.97 Å². The number of fused-ring (bicyclic) bond motifs is 3. The summed E-state index contributed by atoms with van der Waals surface area (Å²) >= 11 is -1.15. The standard InChI is InChI=1S/C20H28N4OS/c1-8-17-22-18-15(14(4)23-26(25)20(5,6)7)9-12(2)10-16(18)19-21-13(3)11-24(17)19/h9-11,14,23H,8H2,1-7H3/t14?,26-/m1/s1. The van der Waals surface area contributed by atoms with Gasteiger partial charge in [0.2, 0.25) is 0 Å². The lowest BCUT2D eigenvalue weighted by Crippen LogP contribution is -2.40. The molecule has 1 aromatic carbocycles. The number of hydrogen-bond acceptors (Lipinski definition) is 4. The van der Waals surface area contributed by atoms with Crippen molar-refractivity contribution in [1.29, 1.82) is 0 Å². The van der Waals surface area contributed by atoms with Crippen molar-refractivity contribution < 1.29 is 4.55 Å². The van der Waals surface area contributed by atoms with Gasteiger partial charge in [-0.25, -0.2) is 9.97 Å². The van der Waals surface area contributed by atoms with Crippen LogP contribution in [0.2, 0.25) is 0 Å². The Morgan fingerprint density at radius 2 is 1.92 bits per heavy atom. The first-order valence-electron chi connectivity index (χ1n) is 9.08. The number of imidazole rings is 1. The van der Waals surface area contributed by atoms with Gasteiger partial charge in [-0.1, -0.05) is 13.0 Å². The van der Waals surface area contributed by atoms with E-state index in [1.807, 2.05) is 40.8 Å². The lowest BCUT2D eigenvalue weighted by atomic mass is 10.0. The molecule has 1 N–H and O–H groups in total. The molecule has 6 heteroatoms. The molecule has 26 heavy (non-hydrogen) atoms. The Balaban J connectivity index is 2.21. The molecule has 140 valence electrons. The summed E-state index contributed by atoms with van der Waals surface area (Å²) in [6, 6.07) is 4.20. The predicted molar refractivity (Wildman–Crippen MR) is 109 cm³/mol. The second-order valence-corrected chi connectivity index (χ2v) is 9.93. The summed E-state index contributed by atoms with van der Waals surface area (Å²) in [5.74, 6) is 0.988. The molecule has 0 bridgehead atoms. The summed E-state index contributed by atoms with van der Waals surface area (Å²) in [7, 11) is 0. The molecule has 0 saturated carbocycles. The molecule has 2 heterocycles. The highest BCUT2D eigenvalue weighted by Gasteiger charge is 2.29. The summed E-state index contributed by atoms with van der Waals surface area (Å²) in [6.07, 6.45) is 2.87. The molecule has 1 unspecified atom stereocenters. The smallest absolute Gasteiger partial charge is 0.147 e. The van der Waals surface area contributed by atoms with Crippen molar-refractivity contribution in [2.24, 2.45) is 0 Å². The number of nitrogens with one attached hydrogen (secondary N) is 1. The molecule has 0 aliphatic rings. The summed E-state index contributed by atoms with van der Waals surface area (Å²) in [5, 5.41) is 1.04. The van der Waals surface area contributed by atoms with E-state index in [1.165, 1.54) is 0 Å². The molecule has 0 aliphatic carbocycles. The van der Waals surface area contributed by atoms with E-state index < -0.39 is 11.4 Å². The van der Waals surface area contributed by atoms with Gasteiger partial charge in [0.25, 0.3) is 0 Å². The average molecular weight is 373 g/mol. The number of aromatic nitrogens is 3. The van der Waals surface area contributed by atoms with E-state index >= 15 is 0 Å². The summed E-state index contributed by atoms with van der Waals surface area (Å²) in [5.41, 5.74) is 5.08. The van der Waals surface area contributed by atoms with Crippen molar-refractivity contribution in [3.8, 4) is 0 Å². The number of hydrogen-bond donors (Lipinski definition) is 1. The normalized spacial score (nSPS) is 14.9. The molecule has 0 spiro atoms. The van der Waals surface area contributed by atoms with Crippen LogP contribution < -0.4 is 4.72 Å². The van der Waals surface area contributed by atoms with Gasteiger partial charge in [0, 0.05) is 29.4 Å². The highest BCUT2D eigenvalue weighted by Crippen LogP contribution is 2.29. The van der Waals surface area contributed by atoms with Crippen LogP contribution in [0.5, 0.6) is 0 Å². The predicted octanol–water partition coefficient (Wildman–Crippen LogP) is 4.17. The molecule has 3 rings (SSSR count). The summed E-state index contributed by atoms with van der Waals surface area (Å²) in [4.78, 5) is 9.69. The zero-order valence-corrected chi connectivity index (χ0v) is 17.5. The van der Waals surface area contributed by atoms with Gasteiger partial charge in [0.15, 0.2) is 0 Å². The van der Waals surface area contributed by atoms with Crippen molar-refractivity contribution in [2.45, 2.75) is 65.7 Å². The van der Waals surface area contributed by atoms with Gasteiger partial charge in [0.1, 0.15) is 16.2 Å². The first-order chi connectivity index (χ1) is 12.1. The van der Waals surface area contributed by atoms with Crippen LogP contribution in [0.4, 0.5) is 0 Å². The Morgan fingerprint density at radius 1 is 1.23 bits per heavy atom. The van der Waals surface area contributed by atoms with Crippen molar-refractivity contribution >= 4 is 27.9 Å². The number of nitrogens with zero attached hydrogens (tertiary/aromatic N) is 3. The molecule has 0 saturated heterocycles. The van der Waals surface area contributed by atoms with Gasteiger partial charge >= 0.3 is 0 Å². The van der Waals surface area contributed by atoms with Crippen LogP contribution in [-0.4, -0.2) is 23.7 Å². The second kappa shape index (κ2) is 6.83. The fourth-order valence-electron chi connectivity index (χ4n) is 3.15. The molecule has 0 fully saturated rings. The Hall–Kier alpha value is -1.63. The molecule has 0 aliphatic heterocycles. The van der Waals surface area contributed by atoms with Gasteiger partial charge in [-0.05, 0) is 58.7 Å². The van der Waals surface area contributed by atoms with Crippen molar-refractivity contribution in [3.05, 3.63) is 41.0 Å². The number of rotatable bonds is 4. The maximum Gasteiger partial charge on any atom is 0.147 e. The van der Waals surface area contributed by atoms with E-state index in [1.54, 1.807) is 0 Å². The van der Waals surface area contributed by atoms with Crippen molar-refractivity contribution in [1.82, 2.24) is 19.1 Å². The fraction of sp³-hybridized carbons (Fsp3) is 0.500. The maximum absolute atomic E-state index is 12.6. The van der Waals surface area contributed by atoms with E-state index in [0.29, 0.717) is 0 Å². The Labute approximate surface area is 158 Å². The average Bonchev–Trinajstić information content (AvgIpc) is 2.94. The molecule has 2 aromatic heterocycles. The van der Waals surface area contributed by atoms with Gasteiger partial charge in [-0.3, -0.25) is 4.40 Å². The second-order valence-electron chi connectivity index (χ2n) is 7.93. The molecular formula is C20H28N4OS. The monoisotopic (exact) mass is 372 g/mol. The van der Waals surface area contributed by atoms with E-state index in [2.05, 4.69) is 35.1 Å². The Bertz CT molecular complexity index is 958. The number of aryl methyl sites for hydroxylation is 3. The van der Waals surface area contributed by atoms with Crippen LogP contribution >= 0.6 is 0 Å². The van der Waals surface area contributed by atoms with Crippen molar-refractivity contribution in [3.63, 3.8) is 0 Å². The van der Waals surface area contributed by atoms with E-state index in [9.17, 15) is 4.55 Å². The minimum absolute atomic E-state index is 0.0758. The number of benzene rings is 1. The lowest BCUT2D eigenvalue weighted by Gasteiger charge is -2.27. The molecule has 3 aromatic rings. The van der Waals surface area contributed by atoms with Gasteiger partial charge in [-0.2, -0.15) is 0 Å². The third kappa shape index (κ3) is 3.46. The van der Waals surface area contributed by atoms with Crippen molar-refractivity contribution in [2.75, 3.05) is 0 Å². The van der Waals surface area contributed by atoms with Crippen LogP contribution in [0.15, 0.2) is 18.3 Å². The minimum Gasteiger partial charge on any atom is -0.598 e. The Kier molecular flexibility index (Phi) is 5.03. The highest BCUT2D eigenvalue weighted by atomic mass is 32.2. The fourth-order valence-corrected chi connectivity index (χ4v) is 3.95. The topological polar surface area (TPSA) is 65.3 Å². The molecule has 0 amide bonds. The van der Waals surface area contributed by atoms with Crippen LogP contribution in [0, 0.1) is 13.8 Å². The lowest BCUT2D eigenvalue weighted by molar-refractivity contribution is 0.531. The zero-order valence-electron chi connectivity index (χ0n) is 16.7. The van der Waals surface area contributed by atoms with Crippen LogP contribution in [-0.2, 0) is 17.8 Å². The van der Waals surface area contributed by atoms with E-state index in [-0.39, 0.29) is 10.8 Å². The maximum atomic E-state index is 12.6. The third-order valence-electron chi connectivity index (χ3n) is 4.49. The first-order valence-corrected chi connectivity index (χ1v) is 10.2. The summed E-state index contributed by atoms with van der Waals surface area (Å²) < 4.78 is 17.6.